The van der Waals surface area contributed by atoms with Gasteiger partial charge in [-0.3, -0.25) is 9.69 Å². The molecule has 0 spiro atoms. The Morgan fingerprint density at radius 3 is 2.33 bits per heavy atom. The molecule has 4 heteroatoms. The lowest BCUT2D eigenvalue weighted by molar-refractivity contribution is -0.143. The number of benzene rings is 2. The van der Waals surface area contributed by atoms with Gasteiger partial charge in [0.05, 0.1) is 13.0 Å². The van der Waals surface area contributed by atoms with Gasteiger partial charge in [-0.2, -0.15) is 0 Å². The molecule has 0 amide bonds. The van der Waals surface area contributed by atoms with Crippen LogP contribution in [0.15, 0.2) is 48.5 Å². The number of nitrogens with zero attached hydrogens (tertiary/aromatic N) is 1. The van der Waals surface area contributed by atoms with Crippen LogP contribution in [0, 0.1) is 12.8 Å². The second kappa shape index (κ2) is 7.35. The molecule has 0 saturated carbocycles. The minimum absolute atomic E-state index is 0.122. The topological polar surface area (TPSA) is 38.8 Å². The largest absolute Gasteiger partial charge is 0.497 e. The maximum atomic E-state index is 13.2. The first-order chi connectivity index (χ1) is 13.1. The second-order valence-corrected chi connectivity index (χ2v) is 7.84. The molecule has 0 aliphatic carbocycles. The van der Waals surface area contributed by atoms with Gasteiger partial charge in [0.25, 0.3) is 0 Å². The molecule has 2 aromatic rings. The second-order valence-electron chi connectivity index (χ2n) is 7.84. The molecular formula is C23H27NO3. The lowest BCUT2D eigenvalue weighted by Crippen LogP contribution is -2.49. The molecule has 4 nitrogen and oxygen atoms in total. The van der Waals surface area contributed by atoms with Crippen molar-refractivity contribution in [3.63, 3.8) is 0 Å². The van der Waals surface area contributed by atoms with Crippen LogP contribution >= 0.6 is 0 Å². The fourth-order valence-corrected chi connectivity index (χ4v) is 4.77. The van der Waals surface area contributed by atoms with Gasteiger partial charge in [-0.25, -0.2) is 0 Å². The lowest BCUT2D eigenvalue weighted by Gasteiger charge is -2.41. The average Bonchev–Trinajstić information content (AvgIpc) is 2.91. The highest BCUT2D eigenvalue weighted by Gasteiger charge is 2.49. The Morgan fingerprint density at radius 1 is 1.00 bits per heavy atom. The minimum atomic E-state index is -0.140. The molecule has 0 N–H and O–H groups in total. The summed E-state index contributed by atoms with van der Waals surface area (Å²) < 4.78 is 11.0. The molecule has 2 aliphatic rings. The van der Waals surface area contributed by atoms with E-state index in [0.717, 1.165) is 25.0 Å². The van der Waals surface area contributed by atoms with E-state index in [1.165, 1.54) is 11.1 Å². The Kier molecular flexibility index (Phi) is 4.92. The van der Waals surface area contributed by atoms with Gasteiger partial charge in [0, 0.05) is 18.0 Å². The molecule has 2 fully saturated rings. The zero-order chi connectivity index (χ0) is 19.0. The molecule has 4 rings (SSSR count). The molecule has 2 unspecified atom stereocenters. The third-order valence-electron chi connectivity index (χ3n) is 6.32. The van der Waals surface area contributed by atoms with Crippen LogP contribution in [0.25, 0.3) is 0 Å². The summed E-state index contributed by atoms with van der Waals surface area (Å²) in [7, 11) is 3.78. The summed E-state index contributed by atoms with van der Waals surface area (Å²) in [5.41, 5.74) is 2.49. The first-order valence-corrected chi connectivity index (χ1v) is 9.71. The standard InChI is InChI=1S/C23H27NO3/c1-15-4-6-16(7-5-15)20-14-17-8-13-21(24(17)2)22(20)23(25)27-19-11-9-18(26-3)10-12-19/h4-7,9-12,17,20-22H,8,13-14H2,1-3H3/t17-,20-,21?,22?/m1/s1. The van der Waals surface area contributed by atoms with E-state index in [4.69, 9.17) is 9.47 Å². The van der Waals surface area contributed by atoms with Gasteiger partial charge >= 0.3 is 5.97 Å². The molecule has 2 heterocycles. The number of esters is 1. The van der Waals surface area contributed by atoms with Crippen LogP contribution in [0.1, 0.15) is 36.3 Å². The van der Waals surface area contributed by atoms with Crippen molar-refractivity contribution in [1.29, 1.82) is 0 Å². The van der Waals surface area contributed by atoms with E-state index in [0.29, 0.717) is 11.8 Å². The Bertz CT molecular complexity index is 799. The van der Waals surface area contributed by atoms with Gasteiger partial charge in [-0.15, -0.1) is 0 Å². The van der Waals surface area contributed by atoms with E-state index in [-0.39, 0.29) is 23.8 Å². The predicted octanol–water partition coefficient (Wildman–Crippen LogP) is 4.18. The van der Waals surface area contributed by atoms with Crippen LogP contribution in [-0.2, 0) is 4.79 Å². The van der Waals surface area contributed by atoms with Crippen LogP contribution in [0.2, 0.25) is 0 Å². The van der Waals surface area contributed by atoms with Gasteiger partial charge in [0.2, 0.25) is 0 Å². The van der Waals surface area contributed by atoms with Crippen molar-refractivity contribution < 1.29 is 14.3 Å². The van der Waals surface area contributed by atoms with Gasteiger partial charge in [-0.1, -0.05) is 29.8 Å². The summed E-state index contributed by atoms with van der Waals surface area (Å²) in [5.74, 6) is 1.28. The van der Waals surface area contributed by atoms with Crippen LogP contribution in [-0.4, -0.2) is 37.1 Å². The number of methoxy groups -OCH3 is 1. The molecule has 2 aliphatic heterocycles. The number of ether oxygens (including phenoxy) is 2. The van der Waals surface area contributed by atoms with Crippen molar-refractivity contribution in [3.8, 4) is 11.5 Å². The number of fused-ring (bicyclic) bond motifs is 2. The third-order valence-corrected chi connectivity index (χ3v) is 6.32. The van der Waals surface area contributed by atoms with E-state index < -0.39 is 0 Å². The first-order valence-electron chi connectivity index (χ1n) is 9.71. The van der Waals surface area contributed by atoms with Crippen molar-refractivity contribution >= 4 is 5.97 Å². The van der Waals surface area contributed by atoms with Gasteiger partial charge < -0.3 is 9.47 Å². The van der Waals surface area contributed by atoms with Gasteiger partial charge in [-0.05, 0) is 63.1 Å². The van der Waals surface area contributed by atoms with E-state index in [1.54, 1.807) is 19.2 Å². The molecule has 2 aromatic carbocycles. The Labute approximate surface area is 161 Å². The quantitative estimate of drug-likeness (QED) is 0.602. The predicted molar refractivity (Wildman–Crippen MR) is 105 cm³/mol. The molecule has 0 radical (unpaired) electrons. The number of piperidine rings is 1. The van der Waals surface area contributed by atoms with Crippen LogP contribution in [0.4, 0.5) is 0 Å². The number of hydrogen-bond donors (Lipinski definition) is 0. The first kappa shape index (κ1) is 18.1. The van der Waals surface area contributed by atoms with Crippen molar-refractivity contribution in [2.45, 2.75) is 44.2 Å². The van der Waals surface area contributed by atoms with Crippen molar-refractivity contribution in [1.82, 2.24) is 4.90 Å². The maximum Gasteiger partial charge on any atom is 0.316 e. The van der Waals surface area contributed by atoms with Crippen LogP contribution in [0.3, 0.4) is 0 Å². The fourth-order valence-electron chi connectivity index (χ4n) is 4.77. The number of rotatable bonds is 4. The highest BCUT2D eigenvalue weighted by atomic mass is 16.5. The van der Waals surface area contributed by atoms with Crippen molar-refractivity contribution in [3.05, 3.63) is 59.7 Å². The van der Waals surface area contributed by atoms with Crippen molar-refractivity contribution in [2.24, 2.45) is 5.92 Å². The number of carbonyl (C=O) groups is 1. The van der Waals surface area contributed by atoms with Crippen LogP contribution < -0.4 is 9.47 Å². The summed E-state index contributed by atoms with van der Waals surface area (Å²) in [6.45, 7) is 2.09. The summed E-state index contributed by atoms with van der Waals surface area (Å²) in [6.07, 6.45) is 3.24. The molecule has 4 atom stereocenters. The SMILES string of the molecule is COc1ccc(OC(=O)C2C3CC[C@H](C[C@@H]2c2ccc(C)cc2)N3C)cc1. The molecular weight excluding hydrogens is 338 g/mol. The van der Waals surface area contributed by atoms with Crippen LogP contribution in [0.5, 0.6) is 11.5 Å². The van der Waals surface area contributed by atoms with Gasteiger partial charge in [0.1, 0.15) is 11.5 Å². The van der Waals surface area contributed by atoms with Crippen molar-refractivity contribution in [2.75, 3.05) is 14.2 Å². The zero-order valence-electron chi connectivity index (χ0n) is 16.2. The Morgan fingerprint density at radius 2 is 1.67 bits per heavy atom. The summed E-state index contributed by atoms with van der Waals surface area (Å²) in [5, 5.41) is 0. The normalized spacial score (nSPS) is 27.4. The Balaban J connectivity index is 1.60. The highest BCUT2D eigenvalue weighted by Crippen LogP contribution is 2.46. The number of carbonyl (C=O) groups excluding carboxylic acids is 1. The van der Waals surface area contributed by atoms with E-state index >= 15 is 0 Å². The Hall–Kier alpha value is -2.33. The van der Waals surface area contributed by atoms with Gasteiger partial charge in [0.15, 0.2) is 0 Å². The zero-order valence-corrected chi connectivity index (χ0v) is 16.2. The highest BCUT2D eigenvalue weighted by molar-refractivity contribution is 5.77. The monoisotopic (exact) mass is 365 g/mol. The molecule has 2 bridgehead atoms. The average molecular weight is 365 g/mol. The molecule has 27 heavy (non-hydrogen) atoms. The minimum Gasteiger partial charge on any atom is -0.497 e. The molecule has 142 valence electrons. The molecule has 2 saturated heterocycles. The summed E-state index contributed by atoms with van der Waals surface area (Å²) in [4.78, 5) is 15.6. The fraction of sp³-hybridized carbons (Fsp3) is 0.435. The number of hydrogen-bond acceptors (Lipinski definition) is 4. The number of aryl methyl sites for hydroxylation is 1. The molecule has 0 aromatic heterocycles. The van der Waals surface area contributed by atoms with E-state index in [1.807, 2.05) is 12.1 Å². The van der Waals surface area contributed by atoms with E-state index in [2.05, 4.69) is 43.1 Å². The maximum absolute atomic E-state index is 13.2. The smallest absolute Gasteiger partial charge is 0.316 e. The summed E-state index contributed by atoms with van der Waals surface area (Å²) >= 11 is 0. The summed E-state index contributed by atoms with van der Waals surface area (Å²) in [6, 6.07) is 16.7. The van der Waals surface area contributed by atoms with E-state index in [9.17, 15) is 4.79 Å². The lowest BCUT2D eigenvalue weighted by atomic mass is 9.76. The third kappa shape index (κ3) is 3.46.